The molecule has 0 bridgehead atoms. The maximum Gasteiger partial charge on any atom is 0.331 e. The molecule has 0 amide bonds. The molecule has 10 heteroatoms. The minimum absolute atomic E-state index is 0.0400. The third kappa shape index (κ3) is 3.93. The topological polar surface area (TPSA) is 166 Å². The molecule has 6 aliphatic rings. The molecule has 0 spiro atoms. The summed E-state index contributed by atoms with van der Waals surface area (Å²) < 4.78 is 17.1. The highest BCUT2D eigenvalue weighted by Crippen LogP contribution is 2.70. The van der Waals surface area contributed by atoms with E-state index in [1.54, 1.807) is 13.0 Å². The summed E-state index contributed by atoms with van der Waals surface area (Å²) in [7, 11) is 0. The standard InChI is InChI=1S/C29H44O10/c1-15-22(32)23(33)24(34)25(39-15)38-14-27-8-3-17(30)12-28(27,35)9-5-20-19(27)4-7-26(2)18(6-10-29(20,26)36)16-11-21(31)37-13-16/h11,15,17-20,22-25,30,32-36H,3-10,12-14H2,1-2H3/t15-,17?,18?,19?,20?,22-,23+,24+,25+,26?,27?,28?,29?/m0/s1. The summed E-state index contributed by atoms with van der Waals surface area (Å²) >= 11 is 0. The maximum atomic E-state index is 12.5. The van der Waals surface area contributed by atoms with Crippen molar-refractivity contribution >= 4 is 5.97 Å². The second-order valence-corrected chi connectivity index (χ2v) is 13.6. The van der Waals surface area contributed by atoms with Gasteiger partial charge in [0.25, 0.3) is 0 Å². The smallest absolute Gasteiger partial charge is 0.331 e. The van der Waals surface area contributed by atoms with Crippen molar-refractivity contribution in [1.29, 1.82) is 0 Å². The first-order chi connectivity index (χ1) is 18.4. The van der Waals surface area contributed by atoms with Gasteiger partial charge in [-0.1, -0.05) is 6.92 Å². The van der Waals surface area contributed by atoms with Gasteiger partial charge in [-0.15, -0.1) is 0 Å². The summed E-state index contributed by atoms with van der Waals surface area (Å²) in [6.45, 7) is 4.06. The SMILES string of the molecule is C[C@@H]1O[C@@H](OCC23CCC(O)CC2(O)CCC2C3CCC3(C)C(C4=CC(=O)OC4)CCC23O)[C@H](O)[C@H](O)[C@H]1O. The average Bonchev–Trinajstić information content (AvgIpc) is 3.43. The van der Waals surface area contributed by atoms with E-state index in [1.165, 1.54) is 0 Å². The van der Waals surface area contributed by atoms with E-state index in [1.807, 2.05) is 0 Å². The molecule has 2 heterocycles. The predicted octanol–water partition coefficient (Wildman–Crippen LogP) is 0.543. The molecule has 0 aromatic carbocycles. The first kappa shape index (κ1) is 28.0. The van der Waals surface area contributed by atoms with Crippen molar-refractivity contribution < 1.29 is 49.6 Å². The fourth-order valence-electron chi connectivity index (χ4n) is 9.87. The molecule has 10 nitrogen and oxygen atoms in total. The number of hydrogen-bond acceptors (Lipinski definition) is 10. The summed E-state index contributed by atoms with van der Waals surface area (Å²) in [5.74, 6) is -0.472. The van der Waals surface area contributed by atoms with E-state index in [9.17, 15) is 35.4 Å². The van der Waals surface area contributed by atoms with Crippen LogP contribution in [-0.2, 0) is 19.0 Å². The Bertz CT molecular complexity index is 1020. The minimum atomic E-state index is -1.45. The van der Waals surface area contributed by atoms with Gasteiger partial charge in [0.2, 0.25) is 0 Å². The van der Waals surface area contributed by atoms with Gasteiger partial charge in [0, 0.05) is 23.3 Å². The molecule has 1 saturated heterocycles. The molecular weight excluding hydrogens is 508 g/mol. The van der Waals surface area contributed by atoms with Gasteiger partial charge in [0.15, 0.2) is 6.29 Å². The molecule has 39 heavy (non-hydrogen) atoms. The summed E-state index contributed by atoms with van der Waals surface area (Å²) in [5.41, 5.74) is -2.47. The molecule has 0 radical (unpaired) electrons. The number of cyclic esters (lactones) is 1. The number of aliphatic hydroxyl groups excluding tert-OH is 4. The maximum absolute atomic E-state index is 12.5. The van der Waals surface area contributed by atoms with Crippen LogP contribution in [0.5, 0.6) is 0 Å². The summed E-state index contributed by atoms with van der Waals surface area (Å²) in [6.07, 6.45) is -0.00830. The molecule has 6 rings (SSSR count). The monoisotopic (exact) mass is 552 g/mol. The summed E-state index contributed by atoms with van der Waals surface area (Å²) in [4.78, 5) is 11.8. The van der Waals surface area contributed by atoms with Crippen molar-refractivity contribution in [2.45, 2.75) is 120 Å². The first-order valence-electron chi connectivity index (χ1n) is 14.7. The lowest BCUT2D eigenvalue weighted by Crippen LogP contribution is -2.70. The van der Waals surface area contributed by atoms with Gasteiger partial charge in [-0.2, -0.15) is 0 Å². The van der Waals surface area contributed by atoms with Crippen LogP contribution < -0.4 is 0 Å². The van der Waals surface area contributed by atoms with Gasteiger partial charge in [0.1, 0.15) is 24.9 Å². The molecule has 0 aromatic rings. The largest absolute Gasteiger partial charge is 0.458 e. The Kier molecular flexibility index (Phi) is 6.80. The van der Waals surface area contributed by atoms with Crippen LogP contribution >= 0.6 is 0 Å². The van der Waals surface area contributed by atoms with Crippen molar-refractivity contribution in [1.82, 2.24) is 0 Å². The molecular formula is C29H44O10. The van der Waals surface area contributed by atoms with Gasteiger partial charge >= 0.3 is 5.97 Å². The van der Waals surface area contributed by atoms with E-state index < -0.39 is 58.8 Å². The lowest BCUT2D eigenvalue weighted by Gasteiger charge is -2.66. The number of aliphatic hydroxyl groups is 6. The highest BCUT2D eigenvalue weighted by atomic mass is 16.7. The molecule has 220 valence electrons. The van der Waals surface area contributed by atoms with Crippen LogP contribution in [0.25, 0.3) is 0 Å². The van der Waals surface area contributed by atoms with E-state index in [2.05, 4.69) is 6.92 Å². The first-order valence-corrected chi connectivity index (χ1v) is 14.7. The molecule has 13 atom stereocenters. The predicted molar refractivity (Wildman–Crippen MR) is 136 cm³/mol. The van der Waals surface area contributed by atoms with Gasteiger partial charge in [0.05, 0.1) is 30.0 Å². The highest BCUT2D eigenvalue weighted by Gasteiger charge is 2.71. The Hall–Kier alpha value is -1.11. The molecule has 4 aliphatic carbocycles. The van der Waals surface area contributed by atoms with E-state index >= 15 is 0 Å². The van der Waals surface area contributed by atoms with E-state index in [0.717, 1.165) is 18.4 Å². The molecule has 5 fully saturated rings. The number of hydrogen-bond donors (Lipinski definition) is 6. The second-order valence-electron chi connectivity index (χ2n) is 13.6. The van der Waals surface area contributed by atoms with Crippen LogP contribution in [0.2, 0.25) is 0 Å². The Labute approximate surface area is 229 Å². The average molecular weight is 553 g/mol. The molecule has 6 N–H and O–H groups in total. The van der Waals surface area contributed by atoms with Gasteiger partial charge in [-0.3, -0.25) is 0 Å². The summed E-state index contributed by atoms with van der Waals surface area (Å²) in [5, 5.41) is 66.3. The fourth-order valence-corrected chi connectivity index (χ4v) is 9.87. The Morgan fingerprint density at radius 2 is 1.69 bits per heavy atom. The van der Waals surface area contributed by atoms with Crippen molar-refractivity contribution in [3.63, 3.8) is 0 Å². The molecule has 8 unspecified atom stereocenters. The van der Waals surface area contributed by atoms with Crippen molar-refractivity contribution in [2.75, 3.05) is 13.2 Å². The van der Waals surface area contributed by atoms with Crippen LogP contribution in [-0.4, -0.2) is 97.8 Å². The number of carbonyl (C=O) groups excluding carboxylic acids is 1. The lowest BCUT2D eigenvalue weighted by atomic mass is 9.41. The third-order valence-electron chi connectivity index (χ3n) is 12.1. The number of carbonyl (C=O) groups is 1. The zero-order valence-electron chi connectivity index (χ0n) is 22.9. The minimum Gasteiger partial charge on any atom is -0.458 e. The third-order valence-corrected chi connectivity index (χ3v) is 12.1. The van der Waals surface area contributed by atoms with Gasteiger partial charge in [-0.25, -0.2) is 4.79 Å². The Morgan fingerprint density at radius 1 is 0.949 bits per heavy atom. The highest BCUT2D eigenvalue weighted by molar-refractivity contribution is 5.85. The molecule has 4 saturated carbocycles. The van der Waals surface area contributed by atoms with Crippen molar-refractivity contribution in [3.8, 4) is 0 Å². The Morgan fingerprint density at radius 3 is 2.41 bits per heavy atom. The quantitative estimate of drug-likeness (QED) is 0.271. The Balaban J connectivity index is 1.31. The van der Waals surface area contributed by atoms with E-state index in [0.29, 0.717) is 38.5 Å². The van der Waals surface area contributed by atoms with Crippen LogP contribution in [0.4, 0.5) is 0 Å². The van der Waals surface area contributed by atoms with Gasteiger partial charge in [-0.05, 0) is 81.6 Å². The second kappa shape index (κ2) is 9.46. The van der Waals surface area contributed by atoms with Crippen LogP contribution in [0, 0.1) is 28.6 Å². The number of fused-ring (bicyclic) bond motifs is 5. The lowest BCUT2D eigenvalue weighted by molar-refractivity contribution is -0.323. The van der Waals surface area contributed by atoms with E-state index in [4.69, 9.17) is 14.2 Å². The molecule has 2 aliphatic heterocycles. The molecule has 0 aromatic heterocycles. The fraction of sp³-hybridized carbons (Fsp3) is 0.897. The van der Waals surface area contributed by atoms with Crippen LogP contribution in [0.3, 0.4) is 0 Å². The van der Waals surface area contributed by atoms with Crippen molar-refractivity contribution in [3.05, 3.63) is 11.6 Å². The normalized spacial score (nSPS) is 55.3. The van der Waals surface area contributed by atoms with Crippen LogP contribution in [0.1, 0.15) is 71.6 Å². The van der Waals surface area contributed by atoms with Gasteiger partial charge < -0.3 is 44.8 Å². The number of rotatable bonds is 4. The van der Waals surface area contributed by atoms with Crippen LogP contribution in [0.15, 0.2) is 11.6 Å². The zero-order chi connectivity index (χ0) is 28.0. The number of ether oxygens (including phenoxy) is 3. The zero-order valence-corrected chi connectivity index (χ0v) is 22.9. The van der Waals surface area contributed by atoms with E-state index in [-0.39, 0.29) is 43.4 Å². The summed E-state index contributed by atoms with van der Waals surface area (Å²) in [6, 6.07) is 0. The number of esters is 1. The van der Waals surface area contributed by atoms with Crippen molar-refractivity contribution in [2.24, 2.45) is 28.6 Å².